The maximum absolute atomic E-state index is 12.0. The normalized spacial score (nSPS) is 11.6. The molecule has 0 fully saturated rings. The van der Waals surface area contributed by atoms with Gasteiger partial charge in [0, 0.05) is 18.3 Å². The lowest BCUT2D eigenvalue weighted by Crippen LogP contribution is -2.31. The first-order valence-electron chi connectivity index (χ1n) is 8.11. The van der Waals surface area contributed by atoms with Crippen LogP contribution in [0.5, 0.6) is 0 Å². The fourth-order valence-corrected chi connectivity index (χ4v) is 2.16. The average molecular weight is 342 g/mol. The first-order chi connectivity index (χ1) is 12.1. The van der Waals surface area contributed by atoms with Gasteiger partial charge in [-0.15, -0.1) is 0 Å². The molecule has 1 amide bonds. The third-order valence-electron chi connectivity index (χ3n) is 3.50. The quantitative estimate of drug-likeness (QED) is 0.617. The molecule has 1 atom stereocenters. The zero-order valence-electron chi connectivity index (χ0n) is 14.3. The van der Waals surface area contributed by atoms with Gasteiger partial charge >= 0.3 is 12.1 Å². The van der Waals surface area contributed by atoms with Crippen molar-refractivity contribution < 1.29 is 19.1 Å². The topological polar surface area (TPSA) is 77.5 Å². The molecule has 2 rings (SSSR count). The third-order valence-corrected chi connectivity index (χ3v) is 3.50. The number of amides is 1. The summed E-state index contributed by atoms with van der Waals surface area (Å²) in [4.78, 5) is 27.7. The van der Waals surface area contributed by atoms with E-state index in [0.29, 0.717) is 6.42 Å². The molecule has 2 aromatic rings. The molecule has 0 radical (unpaired) electrons. The van der Waals surface area contributed by atoms with Crippen molar-refractivity contribution in [3.05, 3.63) is 66.0 Å². The van der Waals surface area contributed by atoms with Crippen molar-refractivity contribution in [2.75, 3.05) is 6.79 Å². The van der Waals surface area contributed by atoms with Crippen LogP contribution in [0.1, 0.15) is 31.1 Å². The summed E-state index contributed by atoms with van der Waals surface area (Å²) in [6.07, 6.45) is 1.58. The van der Waals surface area contributed by atoms with Gasteiger partial charge in [0.2, 0.25) is 6.79 Å². The fourth-order valence-electron chi connectivity index (χ4n) is 2.16. The third kappa shape index (κ3) is 6.25. The molecule has 0 saturated heterocycles. The van der Waals surface area contributed by atoms with Crippen LogP contribution in [0.25, 0.3) is 0 Å². The summed E-state index contributed by atoms with van der Waals surface area (Å²) in [7, 11) is 0. The standard InChI is InChI=1S/C19H22N2O4/c1-14(2)18(22)24-13-25-19(23)21-17(15-8-4-3-5-9-15)12-16-10-6-7-11-20-16/h3-11,14,17H,12-13H2,1-2H3,(H,21,23). The lowest BCUT2D eigenvalue weighted by Gasteiger charge is -2.19. The molecule has 1 unspecified atom stereocenters. The van der Waals surface area contributed by atoms with Gasteiger partial charge in [-0.25, -0.2) is 4.79 Å². The number of alkyl carbamates (subject to hydrolysis) is 1. The molecular formula is C19H22N2O4. The minimum absolute atomic E-state index is 0.270. The van der Waals surface area contributed by atoms with Crippen molar-refractivity contribution in [2.24, 2.45) is 5.92 Å². The summed E-state index contributed by atoms with van der Waals surface area (Å²) >= 11 is 0. The van der Waals surface area contributed by atoms with Gasteiger partial charge in [0.1, 0.15) is 0 Å². The second-order valence-corrected chi connectivity index (χ2v) is 5.80. The summed E-state index contributed by atoms with van der Waals surface area (Å²) in [5.74, 6) is -0.686. The molecule has 6 heteroatoms. The number of hydrogen-bond acceptors (Lipinski definition) is 5. The van der Waals surface area contributed by atoms with Gasteiger partial charge < -0.3 is 14.8 Å². The number of nitrogens with zero attached hydrogens (tertiary/aromatic N) is 1. The minimum atomic E-state index is -0.652. The number of hydrogen-bond donors (Lipinski definition) is 1. The van der Waals surface area contributed by atoms with Gasteiger partial charge in [-0.1, -0.05) is 50.2 Å². The van der Waals surface area contributed by atoms with E-state index in [0.717, 1.165) is 11.3 Å². The first-order valence-corrected chi connectivity index (χ1v) is 8.11. The van der Waals surface area contributed by atoms with Crippen LogP contribution in [-0.2, 0) is 20.7 Å². The van der Waals surface area contributed by atoms with E-state index in [1.165, 1.54) is 0 Å². The van der Waals surface area contributed by atoms with Crippen LogP contribution in [0.2, 0.25) is 0 Å². The highest BCUT2D eigenvalue weighted by molar-refractivity contribution is 5.72. The Morgan fingerprint density at radius 2 is 1.76 bits per heavy atom. The number of esters is 1. The molecule has 1 aromatic heterocycles. The van der Waals surface area contributed by atoms with Gasteiger partial charge in [0.05, 0.1) is 12.0 Å². The molecule has 0 spiro atoms. The van der Waals surface area contributed by atoms with Gasteiger partial charge in [-0.2, -0.15) is 0 Å². The Bertz CT molecular complexity index is 674. The summed E-state index contributed by atoms with van der Waals surface area (Å²) in [6.45, 7) is 3.01. The van der Waals surface area contributed by atoms with Crippen LogP contribution >= 0.6 is 0 Å². The number of aromatic nitrogens is 1. The molecule has 1 N–H and O–H groups in total. The van der Waals surface area contributed by atoms with E-state index in [9.17, 15) is 9.59 Å². The summed E-state index contributed by atoms with van der Waals surface area (Å²) in [5.41, 5.74) is 1.78. The molecule has 1 heterocycles. The van der Waals surface area contributed by atoms with E-state index in [2.05, 4.69) is 10.3 Å². The van der Waals surface area contributed by atoms with Crippen LogP contribution in [0.15, 0.2) is 54.7 Å². The molecule has 25 heavy (non-hydrogen) atoms. The predicted octanol–water partition coefficient (Wildman–Crippen LogP) is 3.25. The van der Waals surface area contributed by atoms with Gasteiger partial charge in [-0.3, -0.25) is 9.78 Å². The van der Waals surface area contributed by atoms with Gasteiger partial charge in [0.25, 0.3) is 0 Å². The summed E-state index contributed by atoms with van der Waals surface area (Å²) in [6, 6.07) is 14.9. The molecule has 1 aromatic carbocycles. The fraction of sp³-hybridized carbons (Fsp3) is 0.316. The summed E-state index contributed by atoms with van der Waals surface area (Å²) < 4.78 is 9.78. The average Bonchev–Trinajstić information content (AvgIpc) is 2.62. The highest BCUT2D eigenvalue weighted by Crippen LogP contribution is 2.17. The highest BCUT2D eigenvalue weighted by atomic mass is 16.7. The van der Waals surface area contributed by atoms with Crippen molar-refractivity contribution in [1.29, 1.82) is 0 Å². The number of carbonyl (C=O) groups excluding carboxylic acids is 2. The van der Waals surface area contributed by atoms with Gasteiger partial charge in [-0.05, 0) is 17.7 Å². The van der Waals surface area contributed by atoms with Crippen molar-refractivity contribution in [3.8, 4) is 0 Å². The zero-order valence-corrected chi connectivity index (χ0v) is 14.3. The monoisotopic (exact) mass is 342 g/mol. The van der Waals surface area contributed by atoms with Gasteiger partial charge in [0.15, 0.2) is 0 Å². The Labute approximate surface area is 147 Å². The summed E-state index contributed by atoms with van der Waals surface area (Å²) in [5, 5.41) is 2.79. The van der Waals surface area contributed by atoms with Crippen LogP contribution in [0.3, 0.4) is 0 Å². The van der Waals surface area contributed by atoms with Crippen molar-refractivity contribution in [3.63, 3.8) is 0 Å². The largest absolute Gasteiger partial charge is 0.428 e. The second-order valence-electron chi connectivity index (χ2n) is 5.80. The van der Waals surface area contributed by atoms with Crippen LogP contribution in [-0.4, -0.2) is 23.8 Å². The van der Waals surface area contributed by atoms with Crippen molar-refractivity contribution in [1.82, 2.24) is 10.3 Å². The molecule has 0 aliphatic carbocycles. The number of nitrogens with one attached hydrogen (secondary N) is 1. The number of carbonyl (C=O) groups is 2. The van der Waals surface area contributed by atoms with Crippen LogP contribution in [0, 0.1) is 5.92 Å². The van der Waals surface area contributed by atoms with E-state index < -0.39 is 18.9 Å². The maximum atomic E-state index is 12.0. The molecular weight excluding hydrogens is 320 g/mol. The van der Waals surface area contributed by atoms with E-state index >= 15 is 0 Å². The first kappa shape index (κ1) is 18.4. The zero-order chi connectivity index (χ0) is 18.1. The van der Waals surface area contributed by atoms with Crippen molar-refractivity contribution >= 4 is 12.1 Å². The molecule has 0 aliphatic heterocycles. The van der Waals surface area contributed by atoms with E-state index in [-0.39, 0.29) is 12.0 Å². The number of pyridine rings is 1. The Kier molecular flexibility index (Phi) is 6.95. The Morgan fingerprint density at radius 3 is 2.40 bits per heavy atom. The molecule has 6 nitrogen and oxygen atoms in total. The Morgan fingerprint density at radius 1 is 1.04 bits per heavy atom. The lowest BCUT2D eigenvalue weighted by molar-refractivity contribution is -0.155. The Balaban J connectivity index is 1.96. The van der Waals surface area contributed by atoms with E-state index in [1.807, 2.05) is 48.5 Å². The molecule has 0 saturated carbocycles. The molecule has 0 bridgehead atoms. The smallest absolute Gasteiger partial charge is 0.410 e. The van der Waals surface area contributed by atoms with Crippen LogP contribution in [0.4, 0.5) is 4.79 Å². The van der Waals surface area contributed by atoms with Crippen molar-refractivity contribution in [2.45, 2.75) is 26.3 Å². The maximum Gasteiger partial charge on any atom is 0.410 e. The van der Waals surface area contributed by atoms with E-state index in [4.69, 9.17) is 9.47 Å². The minimum Gasteiger partial charge on any atom is -0.428 e. The SMILES string of the molecule is CC(C)C(=O)OCOC(=O)NC(Cc1ccccn1)c1ccccc1. The lowest BCUT2D eigenvalue weighted by atomic mass is 10.0. The molecule has 132 valence electrons. The Hall–Kier alpha value is -2.89. The number of benzene rings is 1. The second kappa shape index (κ2) is 9.42. The highest BCUT2D eigenvalue weighted by Gasteiger charge is 2.17. The van der Waals surface area contributed by atoms with Crippen LogP contribution < -0.4 is 5.32 Å². The van der Waals surface area contributed by atoms with E-state index in [1.54, 1.807) is 20.0 Å². The number of ether oxygens (including phenoxy) is 2. The number of rotatable bonds is 7. The predicted molar refractivity (Wildman–Crippen MR) is 92.5 cm³/mol. The molecule has 0 aliphatic rings.